The Morgan fingerprint density at radius 3 is 0.777 bits per heavy atom. The van der Waals surface area contributed by atoms with Gasteiger partial charge in [-0.25, -0.2) is 28.8 Å². The van der Waals surface area contributed by atoms with Gasteiger partial charge in [0.15, 0.2) is 0 Å². The smallest absolute Gasteiger partial charge is 0.339 e. The molecule has 0 fully saturated rings. The molecule has 0 unspecified atom stereocenters. The van der Waals surface area contributed by atoms with Crippen LogP contribution in [0.1, 0.15) is 82.9 Å². The second-order valence-electron chi connectivity index (χ2n) is 21.1. The number of amides is 2. The van der Waals surface area contributed by atoms with Crippen molar-refractivity contribution in [1.82, 2.24) is 10.6 Å². The van der Waals surface area contributed by atoms with E-state index in [1.807, 2.05) is 0 Å². The van der Waals surface area contributed by atoms with Gasteiger partial charge in [0.2, 0.25) is 0 Å². The SMILES string of the molecule is NCCS(=O)(=O)O.NCCS(=O)(=O)O.Nc1ccc(C(=O)O)cc1.Nc1ccc(O)c(C(=O)O)c1.Nc1ccc(O)c(C(=O)O)c1.Nc1ccc(O)c(C(=O)O)c1.O=C(NCCS(=O)(=O)O)c1ccc(N=Nc2ccc(O)c(C(=O)O)c2)cc1.O=C(O)c1cc(N=Nc2ccc(O)c(C(=O)NCCS(=O)(=O)O)c2)ccc1O. The Morgan fingerprint density at radius 1 is 0.286 bits per heavy atom. The largest absolute Gasteiger partial charge is 0.507 e. The number of hydrogen-bond acceptors (Lipinski definition) is 32. The normalized spacial score (nSPS) is 10.7. The summed E-state index contributed by atoms with van der Waals surface area (Å²) in [6.07, 6.45) is 0. The highest BCUT2D eigenvalue weighted by Crippen LogP contribution is 2.29. The summed E-state index contributed by atoms with van der Waals surface area (Å²) in [5.74, 6) is -12.4. The molecule has 2 amide bonds. The number of azo groups is 2. The molecule has 0 aromatic heterocycles. The number of nitrogen functional groups attached to an aromatic ring is 4. The maximum absolute atomic E-state index is 12.0. The Morgan fingerprint density at radius 2 is 0.518 bits per heavy atom. The molecule has 0 atom stereocenters. The lowest BCUT2D eigenvalue weighted by Gasteiger charge is -2.06. The molecule has 112 heavy (non-hydrogen) atoms. The number of benzene rings is 8. The van der Waals surface area contributed by atoms with Crippen LogP contribution >= 0.6 is 0 Å². The zero-order valence-corrected chi connectivity index (χ0v) is 60.5. The molecule has 0 spiro atoms. The summed E-state index contributed by atoms with van der Waals surface area (Å²) in [6.45, 7) is -0.655. The molecule has 0 aliphatic rings. The fraction of sp³-hybridized carbons (Fsp3) is 0.125. The summed E-state index contributed by atoms with van der Waals surface area (Å²) >= 11 is 0. The number of carbonyl (C=O) groups excluding carboxylic acids is 2. The number of phenolic OH excluding ortho intramolecular Hbond substituents is 1. The summed E-state index contributed by atoms with van der Waals surface area (Å²) in [4.78, 5) is 87.2. The molecule has 0 bridgehead atoms. The number of nitrogens with zero attached hydrogens (tertiary/aromatic N) is 4. The van der Waals surface area contributed by atoms with Crippen molar-refractivity contribution in [2.45, 2.75) is 0 Å². The third-order valence-corrected chi connectivity index (χ3v) is 15.2. The van der Waals surface area contributed by atoms with E-state index in [-0.39, 0.29) is 128 Å². The molecule has 0 heterocycles. The van der Waals surface area contributed by atoms with Crippen molar-refractivity contribution in [2.24, 2.45) is 31.9 Å². The monoisotopic (exact) mass is 1650 g/mol. The first-order chi connectivity index (χ1) is 51.9. The van der Waals surface area contributed by atoms with Crippen molar-refractivity contribution in [1.29, 1.82) is 0 Å². The van der Waals surface area contributed by atoms with Crippen LogP contribution in [-0.2, 0) is 40.5 Å². The predicted molar refractivity (Wildman–Crippen MR) is 398 cm³/mol. The maximum atomic E-state index is 12.0. The summed E-state index contributed by atoms with van der Waals surface area (Å²) in [5.41, 5.74) is 32.3. The van der Waals surface area contributed by atoms with Crippen molar-refractivity contribution < 1.29 is 152 Å². The first kappa shape index (κ1) is 96.3. The van der Waals surface area contributed by atoms with Crippen molar-refractivity contribution >= 4 is 134 Å². The first-order valence-corrected chi connectivity index (χ1v) is 36.5. The van der Waals surface area contributed by atoms with Crippen LogP contribution in [0.5, 0.6) is 34.5 Å². The molecule has 0 aliphatic carbocycles. The Hall–Kier alpha value is -13.7. The standard InChI is InChI=1S/C16H15N3O8S.C16H15N3O7S.3C7H7NO3.C7H7NO2.2C2H7NO3S/c20-13-3-1-9(7-11(13)15(22)17-5-6-28(25,26)27)18-19-10-2-4-14(21)12(8-10)16(23)24;20-14-6-5-12(9-13(14)16(22)23)19-18-11-3-1-10(2-4-11)15(21)17-7-8-27(24,25)26;3*8-4-1-2-6(9)5(3-4)7(10)11;8-6-3-1-5(2-4-6)7(9)10;2*3-1-2-7(4,5)6/h1-4,7-8,20-21H,5-6H2,(H,17,22)(H,23,24)(H,25,26,27);1-6,9,20H,7-8H2,(H,17,21)(H,22,23)(H,24,25,26);3*1-3,9H,8H2,(H,10,11);1-4H,8H2,(H,9,10);2*1-3H2,(H,4,5,6). The second kappa shape index (κ2) is 45.8. The molecular weight excluding hydrogens is 1580 g/mol. The number of carboxylic acids is 6. The summed E-state index contributed by atoms with van der Waals surface area (Å²) < 4.78 is 114. The lowest BCUT2D eigenvalue weighted by molar-refractivity contribution is 0.0682. The van der Waals surface area contributed by atoms with Crippen molar-refractivity contribution in [3.8, 4) is 34.5 Å². The van der Waals surface area contributed by atoms with E-state index in [4.69, 9.17) is 98.6 Å². The number of hydrogen-bond donors (Lipinski definition) is 24. The van der Waals surface area contributed by atoms with Gasteiger partial charge in [-0.2, -0.15) is 54.1 Å². The Bertz CT molecular complexity index is 5000. The zero-order chi connectivity index (χ0) is 85.6. The van der Waals surface area contributed by atoms with E-state index in [1.54, 1.807) is 12.1 Å². The van der Waals surface area contributed by atoms with Crippen molar-refractivity contribution in [3.63, 3.8) is 0 Å². The van der Waals surface area contributed by atoms with Crippen LogP contribution in [0, 0.1) is 0 Å². The van der Waals surface area contributed by atoms with Crippen molar-refractivity contribution in [2.75, 3.05) is 72.1 Å². The number of phenols is 6. The number of aromatic hydroxyl groups is 6. The van der Waals surface area contributed by atoms with Crippen LogP contribution < -0.4 is 45.0 Å². The van der Waals surface area contributed by atoms with E-state index in [2.05, 4.69) is 31.1 Å². The van der Waals surface area contributed by atoms with Gasteiger partial charge in [-0.3, -0.25) is 27.8 Å². The van der Waals surface area contributed by atoms with E-state index in [0.717, 1.165) is 18.2 Å². The van der Waals surface area contributed by atoms with E-state index < -0.39 is 105 Å². The number of rotatable bonds is 22. The average molecular weight is 1650 g/mol. The van der Waals surface area contributed by atoms with Crippen LogP contribution in [0.25, 0.3) is 0 Å². The third kappa shape index (κ3) is 39.8. The van der Waals surface area contributed by atoms with Gasteiger partial charge in [-0.05, 0) is 158 Å². The quantitative estimate of drug-likeness (QED) is 0.0191. The predicted octanol–water partition coefficient (Wildman–Crippen LogP) is 4.60. The number of carbonyl (C=O) groups is 8. The molecule has 44 nitrogen and oxygen atoms in total. The summed E-state index contributed by atoms with van der Waals surface area (Å²) in [6, 6.07) is 34.6. The fourth-order valence-electron chi connectivity index (χ4n) is 7.08. The summed E-state index contributed by atoms with van der Waals surface area (Å²) in [5, 5.41) is 127. The van der Waals surface area contributed by atoms with E-state index in [1.165, 1.54) is 127 Å². The Labute approximate surface area is 633 Å². The minimum absolute atomic E-state index is 0.0289. The van der Waals surface area contributed by atoms with Gasteiger partial charge >= 0.3 is 35.8 Å². The molecule has 8 rings (SSSR count). The molecule has 8 aromatic carbocycles. The average Bonchev–Trinajstić information content (AvgIpc) is 0.793. The Balaban J connectivity index is 0.000000680. The van der Waals surface area contributed by atoms with Crippen LogP contribution in [0.3, 0.4) is 0 Å². The summed E-state index contributed by atoms with van der Waals surface area (Å²) in [7, 11) is -16.0. The fourth-order valence-corrected chi connectivity index (χ4v) is 8.39. The number of anilines is 4. The minimum Gasteiger partial charge on any atom is -0.507 e. The maximum Gasteiger partial charge on any atom is 0.339 e. The number of carboxylic acid groups (broad SMARTS) is 6. The van der Waals surface area contributed by atoms with E-state index in [0.29, 0.717) is 28.4 Å². The minimum atomic E-state index is -4.24. The van der Waals surface area contributed by atoms with Gasteiger partial charge in [-0.15, -0.1) is 0 Å². The van der Waals surface area contributed by atoms with Crippen molar-refractivity contribution in [3.05, 3.63) is 202 Å². The third-order valence-electron chi connectivity index (χ3n) is 12.3. The molecular formula is C64H72N12O32S4. The highest BCUT2D eigenvalue weighted by molar-refractivity contribution is 7.86. The van der Waals surface area contributed by atoms with E-state index in [9.17, 15) is 87.3 Å². The molecule has 604 valence electrons. The van der Waals surface area contributed by atoms with Crippen LogP contribution in [0.4, 0.5) is 45.5 Å². The molecule has 0 radical (unpaired) electrons. The van der Waals surface area contributed by atoms with Gasteiger partial charge in [0.1, 0.15) is 62.3 Å². The molecule has 30 N–H and O–H groups in total. The van der Waals surface area contributed by atoms with Crippen LogP contribution in [0.2, 0.25) is 0 Å². The molecule has 0 saturated carbocycles. The first-order valence-electron chi connectivity index (χ1n) is 30.1. The number of nitrogens with two attached hydrogens (primary N) is 6. The van der Waals surface area contributed by atoms with Gasteiger partial charge in [0.25, 0.3) is 52.3 Å². The highest BCUT2D eigenvalue weighted by Gasteiger charge is 2.17. The van der Waals surface area contributed by atoms with Gasteiger partial charge < -0.3 is 106 Å². The molecule has 0 aliphatic heterocycles. The van der Waals surface area contributed by atoms with Gasteiger partial charge in [0.05, 0.1) is 56.9 Å². The van der Waals surface area contributed by atoms with Crippen LogP contribution in [0.15, 0.2) is 178 Å². The molecule has 8 aromatic rings. The lowest BCUT2D eigenvalue weighted by atomic mass is 10.1. The second-order valence-corrected chi connectivity index (χ2v) is 27.4. The Kier molecular flexibility index (Phi) is 39.4. The highest BCUT2D eigenvalue weighted by atomic mass is 32.2. The van der Waals surface area contributed by atoms with Crippen LogP contribution in [-0.4, -0.2) is 210 Å². The lowest BCUT2D eigenvalue weighted by Crippen LogP contribution is -2.28. The molecule has 48 heteroatoms. The topological polar surface area (TPSA) is 826 Å². The molecule has 0 saturated heterocycles. The van der Waals surface area contributed by atoms with E-state index >= 15 is 0 Å². The zero-order valence-electron chi connectivity index (χ0n) is 57.2. The van der Waals surface area contributed by atoms with Gasteiger partial charge in [0, 0.05) is 54.5 Å². The number of nitrogens with one attached hydrogen (secondary N) is 2. The number of aromatic carboxylic acids is 6. The van der Waals surface area contributed by atoms with Gasteiger partial charge in [-0.1, -0.05) is 0 Å².